The summed E-state index contributed by atoms with van der Waals surface area (Å²) in [5, 5.41) is 2.75. The number of fused-ring (bicyclic) bond motifs is 1. The molecule has 25 heavy (non-hydrogen) atoms. The molecule has 2 aromatic rings. The Kier molecular flexibility index (Phi) is 3.54. The van der Waals surface area contributed by atoms with E-state index in [0.29, 0.717) is 11.1 Å². The monoisotopic (exact) mass is 396 g/mol. The second-order valence-corrected chi connectivity index (χ2v) is 6.68. The quantitative estimate of drug-likeness (QED) is 0.781. The van der Waals surface area contributed by atoms with Crippen molar-refractivity contribution >= 4 is 47.4 Å². The van der Waals surface area contributed by atoms with Crippen molar-refractivity contribution in [3.05, 3.63) is 71.8 Å². The number of rotatable bonds is 2. The topological polar surface area (TPSA) is 55.9 Å². The molecule has 6 nitrogen and oxygen atoms in total. The molecule has 0 bridgehead atoms. The third-order valence-corrected chi connectivity index (χ3v) is 5.72. The summed E-state index contributed by atoms with van der Waals surface area (Å²) >= 11 is 19.1. The smallest absolute Gasteiger partial charge is 0.305 e. The number of benzene rings is 2. The number of hydrogen-bond donors (Lipinski definition) is 1. The van der Waals surface area contributed by atoms with Crippen LogP contribution in [-0.2, 0) is 11.3 Å². The van der Waals surface area contributed by atoms with Crippen LogP contribution in [0.5, 0.6) is 0 Å². The molecule has 128 valence electrons. The number of hydrogen-bond acceptors (Lipinski definition) is 2. The molecule has 2 unspecified atom stereocenters. The lowest BCUT2D eigenvalue weighted by molar-refractivity contribution is 0.0615. The normalized spacial score (nSPS) is 28.4. The molecule has 0 aliphatic carbocycles. The van der Waals surface area contributed by atoms with Crippen molar-refractivity contribution in [3.63, 3.8) is 0 Å². The first-order chi connectivity index (χ1) is 12.0. The summed E-state index contributed by atoms with van der Waals surface area (Å²) < 4.78 is 2.61. The van der Waals surface area contributed by atoms with Crippen LogP contribution in [0.4, 0.5) is 9.59 Å². The van der Waals surface area contributed by atoms with Gasteiger partial charge in [0.2, 0.25) is 11.3 Å². The molecular formula is C16H11Cl3N4O2. The number of nitrogens with zero attached hydrogens (tertiary/aromatic N) is 3. The van der Waals surface area contributed by atoms with Crippen LogP contribution in [0, 0.1) is 0 Å². The first-order valence-electron chi connectivity index (χ1n) is 7.33. The number of carbonyl (C=O) groups excluding carboxylic acids is 2. The van der Waals surface area contributed by atoms with Crippen molar-refractivity contribution in [1.82, 2.24) is 18.6 Å². The first kappa shape index (κ1) is 16.3. The molecule has 0 aromatic heterocycles. The van der Waals surface area contributed by atoms with E-state index in [4.69, 9.17) is 35.3 Å². The lowest BCUT2D eigenvalue weighted by Crippen LogP contribution is -2.59. The maximum absolute atomic E-state index is 12.7. The van der Waals surface area contributed by atoms with Gasteiger partial charge in [0.1, 0.15) is 0 Å². The van der Waals surface area contributed by atoms with E-state index in [9.17, 15) is 9.59 Å². The second-order valence-electron chi connectivity index (χ2n) is 5.67. The summed E-state index contributed by atoms with van der Waals surface area (Å²) in [5.41, 5.74) is -2.02. The molecule has 2 aliphatic heterocycles. The van der Waals surface area contributed by atoms with E-state index >= 15 is 0 Å². The molecule has 2 heterocycles. The Balaban J connectivity index is 2.11. The van der Waals surface area contributed by atoms with Crippen LogP contribution in [-0.4, -0.2) is 25.3 Å². The minimum Gasteiger partial charge on any atom is -0.305 e. The summed E-state index contributed by atoms with van der Waals surface area (Å²) in [7, 11) is 0. The van der Waals surface area contributed by atoms with Crippen molar-refractivity contribution in [2.24, 2.45) is 0 Å². The van der Waals surface area contributed by atoms with Crippen LogP contribution in [0.25, 0.3) is 0 Å². The Hall–Kier alpha value is -2.15. The number of nitrogens with one attached hydrogen (secondary N) is 1. The average molecular weight is 398 g/mol. The maximum atomic E-state index is 12.7. The van der Waals surface area contributed by atoms with Gasteiger partial charge in [-0.25, -0.2) is 18.4 Å². The fourth-order valence-corrected chi connectivity index (χ4v) is 4.64. The largest absolute Gasteiger partial charge is 0.354 e. The van der Waals surface area contributed by atoms with Gasteiger partial charge >= 0.3 is 12.1 Å². The Morgan fingerprint density at radius 1 is 0.720 bits per heavy atom. The molecule has 0 saturated carbocycles. The zero-order valence-electron chi connectivity index (χ0n) is 12.6. The van der Waals surface area contributed by atoms with Gasteiger partial charge in [0.15, 0.2) is 0 Å². The molecule has 4 amide bonds. The molecule has 2 fully saturated rings. The van der Waals surface area contributed by atoms with Gasteiger partial charge in [0.05, 0.1) is 0 Å². The van der Waals surface area contributed by atoms with Crippen LogP contribution in [0.15, 0.2) is 60.7 Å². The van der Waals surface area contributed by atoms with E-state index in [1.165, 1.54) is 0 Å². The van der Waals surface area contributed by atoms with E-state index in [1.54, 1.807) is 54.6 Å². The summed E-state index contributed by atoms with van der Waals surface area (Å²) in [6.45, 7) is 0. The van der Waals surface area contributed by atoms with Crippen molar-refractivity contribution < 1.29 is 9.59 Å². The maximum Gasteiger partial charge on any atom is 0.354 e. The van der Waals surface area contributed by atoms with Crippen molar-refractivity contribution in [1.29, 1.82) is 0 Å². The van der Waals surface area contributed by atoms with Gasteiger partial charge in [0.25, 0.3) is 0 Å². The Bertz CT molecular complexity index is 853. The molecule has 2 aliphatic rings. The number of halogens is 3. The zero-order chi connectivity index (χ0) is 17.8. The fourth-order valence-electron chi connectivity index (χ4n) is 3.52. The van der Waals surface area contributed by atoms with Gasteiger partial charge in [-0.1, -0.05) is 60.7 Å². The lowest BCUT2D eigenvalue weighted by atomic mass is 9.83. The van der Waals surface area contributed by atoms with Gasteiger partial charge in [-0.3, -0.25) is 0 Å². The molecule has 9 heteroatoms. The molecule has 0 spiro atoms. The summed E-state index contributed by atoms with van der Waals surface area (Å²) in [6, 6.07) is 16.3. The summed E-state index contributed by atoms with van der Waals surface area (Å²) in [6.07, 6.45) is 0. The third-order valence-electron chi connectivity index (χ3n) is 4.54. The Morgan fingerprint density at radius 3 is 1.80 bits per heavy atom. The number of amides is 4. The first-order valence-corrected chi connectivity index (χ1v) is 8.34. The molecule has 1 N–H and O–H groups in total. The van der Waals surface area contributed by atoms with E-state index < -0.39 is 23.4 Å². The molecular weight excluding hydrogens is 387 g/mol. The Morgan fingerprint density at radius 2 is 1.24 bits per heavy atom. The van der Waals surface area contributed by atoms with E-state index in [-0.39, 0.29) is 0 Å². The Labute approximate surface area is 158 Å². The zero-order valence-corrected chi connectivity index (χ0v) is 14.8. The molecule has 2 aromatic carbocycles. The standard InChI is InChI=1S/C16H11Cl3N4O2/c17-21-13(24)20-15(11-7-3-1-4-8-11)16(21,12-9-5-2-6-10-12)23(19)14(25)22(15)18/h1-10H,(H,20,24). The summed E-state index contributed by atoms with van der Waals surface area (Å²) in [5.74, 6) is 0. The predicted octanol–water partition coefficient (Wildman–Crippen LogP) is 3.92. The fraction of sp³-hybridized carbons (Fsp3) is 0.125. The van der Waals surface area contributed by atoms with Crippen molar-refractivity contribution in [3.8, 4) is 0 Å². The van der Waals surface area contributed by atoms with Gasteiger partial charge < -0.3 is 5.32 Å². The highest BCUT2D eigenvalue weighted by Gasteiger charge is 2.78. The molecule has 2 atom stereocenters. The van der Waals surface area contributed by atoms with Crippen LogP contribution >= 0.6 is 35.3 Å². The van der Waals surface area contributed by atoms with Crippen LogP contribution in [0.2, 0.25) is 0 Å². The van der Waals surface area contributed by atoms with Gasteiger partial charge in [0, 0.05) is 46.5 Å². The number of carbonyl (C=O) groups is 2. The van der Waals surface area contributed by atoms with Gasteiger partial charge in [-0.2, -0.15) is 4.42 Å². The van der Waals surface area contributed by atoms with E-state index in [1.807, 2.05) is 6.07 Å². The van der Waals surface area contributed by atoms with Crippen LogP contribution in [0.1, 0.15) is 11.1 Å². The minimum atomic E-state index is -1.59. The highest BCUT2D eigenvalue weighted by Crippen LogP contribution is 2.60. The number of urea groups is 2. The third kappa shape index (κ3) is 1.76. The minimum absolute atomic E-state index is 0.527. The highest BCUT2D eigenvalue weighted by atomic mass is 35.5. The molecule has 0 radical (unpaired) electrons. The summed E-state index contributed by atoms with van der Waals surface area (Å²) in [4.78, 5) is 25.2. The molecule has 4 rings (SSSR count). The van der Waals surface area contributed by atoms with Gasteiger partial charge in [-0.15, -0.1) is 0 Å². The average Bonchev–Trinajstić information content (AvgIpc) is 2.99. The van der Waals surface area contributed by atoms with Gasteiger partial charge in [-0.05, 0) is 0 Å². The highest BCUT2D eigenvalue weighted by molar-refractivity contribution is 6.32. The van der Waals surface area contributed by atoms with E-state index in [0.717, 1.165) is 13.3 Å². The lowest BCUT2D eigenvalue weighted by Gasteiger charge is -2.42. The van der Waals surface area contributed by atoms with Crippen LogP contribution in [0.3, 0.4) is 0 Å². The van der Waals surface area contributed by atoms with Crippen LogP contribution < -0.4 is 5.32 Å². The van der Waals surface area contributed by atoms with Crippen molar-refractivity contribution in [2.45, 2.75) is 11.3 Å². The van der Waals surface area contributed by atoms with E-state index in [2.05, 4.69) is 5.32 Å². The predicted molar refractivity (Wildman–Crippen MR) is 93.2 cm³/mol. The second kappa shape index (κ2) is 5.42. The SMILES string of the molecule is O=C1NC2(c3ccccc3)N(Cl)C(=O)N(Cl)C2(c2ccccc2)N1Cl. The van der Waals surface area contributed by atoms with Crippen molar-refractivity contribution in [2.75, 3.05) is 0 Å². The molecule has 2 saturated heterocycles.